The molecule has 0 aromatic carbocycles. The molecule has 1 N–H and O–H groups in total. The number of ether oxygens (including phenoxy) is 1. The van der Waals surface area contributed by atoms with Crippen molar-refractivity contribution in [3.8, 4) is 0 Å². The second kappa shape index (κ2) is 7.29. The molecule has 19 heavy (non-hydrogen) atoms. The Morgan fingerprint density at radius 1 is 1.42 bits per heavy atom. The lowest BCUT2D eigenvalue weighted by molar-refractivity contribution is 0.0184. The van der Waals surface area contributed by atoms with Crippen molar-refractivity contribution in [2.45, 2.75) is 39.2 Å². The van der Waals surface area contributed by atoms with E-state index in [0.717, 1.165) is 43.5 Å². The number of hydrogen-bond acceptors (Lipinski definition) is 3. The van der Waals surface area contributed by atoms with Gasteiger partial charge in [-0.1, -0.05) is 22.5 Å². The summed E-state index contributed by atoms with van der Waals surface area (Å²) in [6.07, 6.45) is 1.87. The standard InChI is InChI=1S/C14H25BrN2O2/c1-11(15)9-16-10-12-5-7-17(8-6-12)13(18)19-14(2,3)4/h12,16H,1,5-10H2,2-4H3. The maximum absolute atomic E-state index is 11.9. The van der Waals surface area contributed by atoms with Crippen molar-refractivity contribution in [3.05, 3.63) is 11.1 Å². The van der Waals surface area contributed by atoms with Crippen molar-refractivity contribution in [2.75, 3.05) is 26.2 Å². The number of nitrogens with one attached hydrogen (secondary N) is 1. The summed E-state index contributed by atoms with van der Waals surface area (Å²) in [5, 5.41) is 3.36. The van der Waals surface area contributed by atoms with E-state index in [9.17, 15) is 4.79 Å². The van der Waals surface area contributed by atoms with Crippen LogP contribution in [0.25, 0.3) is 0 Å². The van der Waals surface area contributed by atoms with E-state index in [1.807, 2.05) is 25.7 Å². The first-order valence-corrected chi connectivity index (χ1v) is 7.59. The minimum atomic E-state index is -0.411. The highest BCUT2D eigenvalue weighted by atomic mass is 79.9. The molecule has 0 bridgehead atoms. The van der Waals surface area contributed by atoms with Gasteiger partial charge < -0.3 is 15.0 Å². The van der Waals surface area contributed by atoms with E-state index in [-0.39, 0.29) is 6.09 Å². The van der Waals surface area contributed by atoms with E-state index in [1.165, 1.54) is 0 Å². The second-order valence-corrected chi connectivity index (χ2v) is 7.18. The quantitative estimate of drug-likeness (QED) is 0.859. The van der Waals surface area contributed by atoms with Gasteiger partial charge in [-0.05, 0) is 46.1 Å². The molecule has 1 aliphatic rings. The number of piperidine rings is 1. The predicted molar refractivity (Wildman–Crippen MR) is 81.5 cm³/mol. The van der Waals surface area contributed by atoms with Gasteiger partial charge in [0, 0.05) is 24.1 Å². The average molecular weight is 333 g/mol. The zero-order valence-electron chi connectivity index (χ0n) is 12.2. The van der Waals surface area contributed by atoms with Crippen LogP contribution in [0.2, 0.25) is 0 Å². The van der Waals surface area contributed by atoms with Crippen LogP contribution in [0.15, 0.2) is 11.1 Å². The molecular weight excluding hydrogens is 308 g/mol. The second-order valence-electron chi connectivity index (χ2n) is 6.06. The number of amides is 1. The highest BCUT2D eigenvalue weighted by Gasteiger charge is 2.26. The minimum Gasteiger partial charge on any atom is -0.444 e. The Balaban J connectivity index is 2.25. The summed E-state index contributed by atoms with van der Waals surface area (Å²) in [6.45, 7) is 12.8. The Labute approximate surface area is 124 Å². The SMILES string of the molecule is C=C(Br)CNCC1CCN(C(=O)OC(C)(C)C)CC1. The van der Waals surface area contributed by atoms with Crippen molar-refractivity contribution in [2.24, 2.45) is 5.92 Å². The van der Waals surface area contributed by atoms with Crippen LogP contribution in [0.5, 0.6) is 0 Å². The van der Waals surface area contributed by atoms with Gasteiger partial charge in [-0.25, -0.2) is 4.79 Å². The monoisotopic (exact) mass is 332 g/mol. The molecule has 0 aromatic heterocycles. The first-order chi connectivity index (χ1) is 8.78. The van der Waals surface area contributed by atoms with Gasteiger partial charge >= 0.3 is 6.09 Å². The minimum absolute atomic E-state index is 0.187. The molecule has 1 rings (SSSR count). The normalized spacial score (nSPS) is 17.4. The molecule has 0 spiro atoms. The molecule has 4 nitrogen and oxygen atoms in total. The molecule has 0 aliphatic carbocycles. The van der Waals surface area contributed by atoms with Gasteiger partial charge in [-0.15, -0.1) is 0 Å². The number of rotatable bonds is 4. The third-order valence-electron chi connectivity index (χ3n) is 3.02. The largest absolute Gasteiger partial charge is 0.444 e. The molecule has 5 heteroatoms. The summed E-state index contributed by atoms with van der Waals surface area (Å²) >= 11 is 3.33. The Morgan fingerprint density at radius 3 is 2.47 bits per heavy atom. The molecular formula is C14H25BrN2O2. The lowest BCUT2D eigenvalue weighted by atomic mass is 9.97. The highest BCUT2D eigenvalue weighted by molar-refractivity contribution is 9.11. The van der Waals surface area contributed by atoms with E-state index in [0.29, 0.717) is 5.92 Å². The van der Waals surface area contributed by atoms with E-state index in [4.69, 9.17) is 4.74 Å². The molecule has 0 saturated carbocycles. The van der Waals surface area contributed by atoms with Crippen LogP contribution >= 0.6 is 15.9 Å². The smallest absolute Gasteiger partial charge is 0.410 e. The highest BCUT2D eigenvalue weighted by Crippen LogP contribution is 2.19. The summed E-state index contributed by atoms with van der Waals surface area (Å²) in [7, 11) is 0. The average Bonchev–Trinajstić information content (AvgIpc) is 2.27. The van der Waals surface area contributed by atoms with Crippen molar-refractivity contribution in [1.82, 2.24) is 10.2 Å². The van der Waals surface area contributed by atoms with E-state index in [1.54, 1.807) is 0 Å². The van der Waals surface area contributed by atoms with E-state index in [2.05, 4.69) is 27.8 Å². The molecule has 110 valence electrons. The zero-order chi connectivity index (χ0) is 14.5. The van der Waals surface area contributed by atoms with Gasteiger partial charge in [-0.2, -0.15) is 0 Å². The van der Waals surface area contributed by atoms with Gasteiger partial charge in [0.25, 0.3) is 0 Å². The lowest BCUT2D eigenvalue weighted by Gasteiger charge is -2.33. The van der Waals surface area contributed by atoms with Crippen LogP contribution in [0.4, 0.5) is 4.79 Å². The van der Waals surface area contributed by atoms with Gasteiger partial charge in [-0.3, -0.25) is 0 Å². The van der Waals surface area contributed by atoms with Crippen LogP contribution in [-0.4, -0.2) is 42.8 Å². The van der Waals surface area contributed by atoms with Crippen LogP contribution < -0.4 is 5.32 Å². The number of halogens is 1. The predicted octanol–water partition coefficient (Wildman–Crippen LogP) is 3.13. The van der Waals surface area contributed by atoms with Crippen molar-refractivity contribution >= 4 is 22.0 Å². The summed E-state index contributed by atoms with van der Waals surface area (Å²) in [5.74, 6) is 0.630. The summed E-state index contributed by atoms with van der Waals surface area (Å²) < 4.78 is 6.35. The number of likely N-dealkylation sites (tertiary alicyclic amines) is 1. The zero-order valence-corrected chi connectivity index (χ0v) is 13.8. The molecule has 1 saturated heterocycles. The first-order valence-electron chi connectivity index (χ1n) is 6.80. The Hall–Kier alpha value is -0.550. The fourth-order valence-electron chi connectivity index (χ4n) is 2.06. The Kier molecular flexibility index (Phi) is 6.33. The van der Waals surface area contributed by atoms with Crippen molar-refractivity contribution in [3.63, 3.8) is 0 Å². The number of nitrogens with zero attached hydrogens (tertiary/aromatic N) is 1. The third-order valence-corrected chi connectivity index (χ3v) is 3.30. The summed E-state index contributed by atoms with van der Waals surface area (Å²) in [5.41, 5.74) is -0.411. The van der Waals surface area contributed by atoms with Gasteiger partial charge in [0.15, 0.2) is 0 Å². The van der Waals surface area contributed by atoms with Crippen LogP contribution in [-0.2, 0) is 4.74 Å². The maximum Gasteiger partial charge on any atom is 0.410 e. The molecule has 1 fully saturated rings. The fourth-order valence-corrected chi connectivity index (χ4v) is 2.26. The molecule has 0 aromatic rings. The fraction of sp³-hybridized carbons (Fsp3) is 0.786. The maximum atomic E-state index is 11.9. The third kappa shape index (κ3) is 6.97. The van der Waals surface area contributed by atoms with Crippen LogP contribution in [0.3, 0.4) is 0 Å². The van der Waals surface area contributed by atoms with Crippen molar-refractivity contribution in [1.29, 1.82) is 0 Å². The summed E-state index contributed by atoms with van der Waals surface area (Å²) in [6, 6.07) is 0. The molecule has 0 atom stereocenters. The molecule has 0 unspecified atom stereocenters. The van der Waals surface area contributed by atoms with Gasteiger partial charge in [0.2, 0.25) is 0 Å². The van der Waals surface area contributed by atoms with Crippen LogP contribution in [0, 0.1) is 5.92 Å². The molecule has 1 amide bonds. The Morgan fingerprint density at radius 2 is 2.00 bits per heavy atom. The number of carbonyl (C=O) groups is 1. The number of carbonyl (C=O) groups excluding carboxylic acids is 1. The van der Waals surface area contributed by atoms with E-state index >= 15 is 0 Å². The Bertz CT molecular complexity index is 318. The number of hydrogen-bond donors (Lipinski definition) is 1. The van der Waals surface area contributed by atoms with E-state index < -0.39 is 5.60 Å². The van der Waals surface area contributed by atoms with Crippen molar-refractivity contribution < 1.29 is 9.53 Å². The topological polar surface area (TPSA) is 41.6 Å². The molecule has 1 heterocycles. The van der Waals surface area contributed by atoms with Gasteiger partial charge in [0.05, 0.1) is 0 Å². The summed E-state index contributed by atoms with van der Waals surface area (Å²) in [4.78, 5) is 13.7. The lowest BCUT2D eigenvalue weighted by Crippen LogP contribution is -2.43. The molecule has 0 radical (unpaired) electrons. The molecule has 1 aliphatic heterocycles. The first kappa shape index (κ1) is 16.5. The van der Waals surface area contributed by atoms with Crippen LogP contribution in [0.1, 0.15) is 33.6 Å². The van der Waals surface area contributed by atoms with Gasteiger partial charge in [0.1, 0.15) is 5.60 Å².